The van der Waals surface area contributed by atoms with Crippen molar-refractivity contribution in [1.82, 2.24) is 4.90 Å². The van der Waals surface area contributed by atoms with E-state index in [4.69, 9.17) is 4.74 Å². The van der Waals surface area contributed by atoms with Crippen LogP contribution in [0.15, 0.2) is 18.2 Å². The lowest BCUT2D eigenvalue weighted by Crippen LogP contribution is -2.55. The number of benzene rings is 1. The average Bonchev–Trinajstić information content (AvgIpc) is 2.38. The van der Waals surface area contributed by atoms with Gasteiger partial charge in [-0.05, 0) is 36.6 Å². The first-order chi connectivity index (χ1) is 8.79. The summed E-state index contributed by atoms with van der Waals surface area (Å²) in [6.07, 6.45) is 3.31. The SMILES string of the molecule is CCCN1CCO[C@H]2Cc3c(O)cccc3CC21. The molecule has 1 unspecified atom stereocenters. The molecule has 3 nitrogen and oxygen atoms in total. The van der Waals surface area contributed by atoms with E-state index in [1.54, 1.807) is 6.07 Å². The third-order valence-electron chi connectivity index (χ3n) is 4.20. The first-order valence-electron chi connectivity index (χ1n) is 6.95. The Balaban J connectivity index is 1.88. The van der Waals surface area contributed by atoms with E-state index in [2.05, 4.69) is 17.9 Å². The van der Waals surface area contributed by atoms with Gasteiger partial charge in [0.2, 0.25) is 0 Å². The van der Waals surface area contributed by atoms with Gasteiger partial charge in [0.05, 0.1) is 12.7 Å². The van der Waals surface area contributed by atoms with Crippen molar-refractivity contribution in [2.24, 2.45) is 0 Å². The number of aromatic hydroxyl groups is 1. The van der Waals surface area contributed by atoms with Crippen LogP contribution in [0.25, 0.3) is 0 Å². The Morgan fingerprint density at radius 1 is 1.39 bits per heavy atom. The monoisotopic (exact) mass is 247 g/mol. The lowest BCUT2D eigenvalue weighted by molar-refractivity contribution is -0.0741. The van der Waals surface area contributed by atoms with E-state index in [1.807, 2.05) is 6.07 Å². The summed E-state index contributed by atoms with van der Waals surface area (Å²) in [7, 11) is 0. The van der Waals surface area contributed by atoms with E-state index in [1.165, 1.54) is 12.0 Å². The summed E-state index contributed by atoms with van der Waals surface area (Å²) in [6.45, 7) is 5.25. The first-order valence-corrected chi connectivity index (χ1v) is 6.95. The molecule has 18 heavy (non-hydrogen) atoms. The highest BCUT2D eigenvalue weighted by molar-refractivity contribution is 5.42. The van der Waals surface area contributed by atoms with Crippen LogP contribution in [0, 0.1) is 0 Å². The molecule has 1 aliphatic carbocycles. The Bertz CT molecular complexity index is 431. The Kier molecular flexibility index (Phi) is 3.27. The molecule has 0 spiro atoms. The lowest BCUT2D eigenvalue weighted by Gasteiger charge is -2.44. The van der Waals surface area contributed by atoms with Gasteiger partial charge in [-0.3, -0.25) is 4.90 Å². The Labute approximate surface area is 108 Å². The molecule has 0 aromatic heterocycles. The Morgan fingerprint density at radius 3 is 3.11 bits per heavy atom. The number of morpholine rings is 1. The summed E-state index contributed by atoms with van der Waals surface area (Å²) in [4.78, 5) is 2.56. The molecule has 0 bridgehead atoms. The number of hydrogen-bond acceptors (Lipinski definition) is 3. The van der Waals surface area contributed by atoms with Gasteiger partial charge in [0.25, 0.3) is 0 Å². The summed E-state index contributed by atoms with van der Waals surface area (Å²) in [5.41, 5.74) is 2.39. The second-order valence-corrected chi connectivity index (χ2v) is 5.34. The van der Waals surface area contributed by atoms with Crippen LogP contribution in [0.1, 0.15) is 24.5 Å². The van der Waals surface area contributed by atoms with Crippen molar-refractivity contribution < 1.29 is 9.84 Å². The van der Waals surface area contributed by atoms with E-state index < -0.39 is 0 Å². The summed E-state index contributed by atoms with van der Waals surface area (Å²) in [5.74, 6) is 0.433. The van der Waals surface area contributed by atoms with E-state index >= 15 is 0 Å². The largest absolute Gasteiger partial charge is 0.508 e. The van der Waals surface area contributed by atoms with Crippen LogP contribution in [-0.2, 0) is 17.6 Å². The van der Waals surface area contributed by atoms with Crippen LogP contribution in [0.3, 0.4) is 0 Å². The smallest absolute Gasteiger partial charge is 0.119 e. The second kappa shape index (κ2) is 4.90. The maximum Gasteiger partial charge on any atom is 0.119 e. The predicted molar refractivity (Wildman–Crippen MR) is 70.9 cm³/mol. The molecule has 0 saturated carbocycles. The number of rotatable bonds is 2. The molecule has 98 valence electrons. The van der Waals surface area contributed by atoms with Gasteiger partial charge in [-0.25, -0.2) is 0 Å². The maximum absolute atomic E-state index is 9.95. The zero-order chi connectivity index (χ0) is 12.5. The van der Waals surface area contributed by atoms with E-state index in [-0.39, 0.29) is 6.10 Å². The van der Waals surface area contributed by atoms with Gasteiger partial charge in [0.1, 0.15) is 5.75 Å². The van der Waals surface area contributed by atoms with Crippen LogP contribution in [0.2, 0.25) is 0 Å². The summed E-state index contributed by atoms with van der Waals surface area (Å²) in [6, 6.07) is 6.37. The third-order valence-corrected chi connectivity index (χ3v) is 4.20. The van der Waals surface area contributed by atoms with Crippen molar-refractivity contribution in [2.45, 2.75) is 38.3 Å². The minimum atomic E-state index is 0.256. The van der Waals surface area contributed by atoms with Crippen molar-refractivity contribution in [3.8, 4) is 5.75 Å². The van der Waals surface area contributed by atoms with Gasteiger partial charge in [-0.2, -0.15) is 0 Å². The quantitative estimate of drug-likeness (QED) is 0.867. The zero-order valence-electron chi connectivity index (χ0n) is 10.9. The lowest BCUT2D eigenvalue weighted by atomic mass is 9.84. The molecule has 1 aromatic rings. The van der Waals surface area contributed by atoms with Crippen molar-refractivity contribution in [3.05, 3.63) is 29.3 Å². The van der Waals surface area contributed by atoms with Crippen LogP contribution >= 0.6 is 0 Å². The highest BCUT2D eigenvalue weighted by Crippen LogP contribution is 2.33. The molecular weight excluding hydrogens is 226 g/mol. The van der Waals surface area contributed by atoms with Crippen LogP contribution < -0.4 is 0 Å². The molecule has 1 heterocycles. The fourth-order valence-corrected chi connectivity index (χ4v) is 3.33. The highest BCUT2D eigenvalue weighted by Gasteiger charge is 2.36. The van der Waals surface area contributed by atoms with E-state index in [0.29, 0.717) is 11.8 Å². The van der Waals surface area contributed by atoms with Crippen molar-refractivity contribution in [2.75, 3.05) is 19.7 Å². The van der Waals surface area contributed by atoms with Crippen LogP contribution in [-0.4, -0.2) is 41.8 Å². The fraction of sp³-hybridized carbons (Fsp3) is 0.600. The minimum Gasteiger partial charge on any atom is -0.508 e. The maximum atomic E-state index is 9.95. The molecule has 3 rings (SSSR count). The number of ether oxygens (including phenoxy) is 1. The normalized spacial score (nSPS) is 27.6. The molecule has 1 fully saturated rings. The molecule has 3 heteroatoms. The molecule has 1 saturated heterocycles. The number of phenolic OH excluding ortho intramolecular Hbond substituents is 1. The summed E-state index contributed by atoms with van der Waals surface area (Å²) >= 11 is 0. The van der Waals surface area contributed by atoms with Gasteiger partial charge in [-0.1, -0.05) is 19.1 Å². The Hall–Kier alpha value is -1.06. The molecule has 0 amide bonds. The van der Waals surface area contributed by atoms with Crippen LogP contribution in [0.4, 0.5) is 0 Å². The van der Waals surface area contributed by atoms with Crippen LogP contribution in [0.5, 0.6) is 5.75 Å². The van der Waals surface area contributed by atoms with Gasteiger partial charge >= 0.3 is 0 Å². The average molecular weight is 247 g/mol. The number of nitrogens with zero attached hydrogens (tertiary/aromatic N) is 1. The topological polar surface area (TPSA) is 32.7 Å². The third kappa shape index (κ3) is 2.02. The molecule has 1 aromatic carbocycles. The van der Waals surface area contributed by atoms with Gasteiger partial charge in [0, 0.05) is 19.0 Å². The number of phenols is 1. The van der Waals surface area contributed by atoms with Gasteiger partial charge in [-0.15, -0.1) is 0 Å². The second-order valence-electron chi connectivity index (χ2n) is 5.34. The predicted octanol–water partition coefficient (Wildman–Crippen LogP) is 1.97. The highest BCUT2D eigenvalue weighted by atomic mass is 16.5. The van der Waals surface area contributed by atoms with Crippen molar-refractivity contribution in [1.29, 1.82) is 0 Å². The standard InChI is InChI=1S/C15H21NO2/c1-2-6-16-7-8-18-15-10-12-11(9-13(15)16)4-3-5-14(12)17/h3-5,13,15,17H,2,6-10H2,1H3/t13?,15-/m0/s1. The molecule has 2 atom stereocenters. The molecular formula is C15H21NO2. The number of fused-ring (bicyclic) bond motifs is 2. The Morgan fingerprint density at radius 2 is 2.28 bits per heavy atom. The first kappa shape index (κ1) is 12.0. The molecule has 2 aliphatic rings. The zero-order valence-corrected chi connectivity index (χ0v) is 10.9. The van der Waals surface area contributed by atoms with Gasteiger partial charge in [0.15, 0.2) is 0 Å². The van der Waals surface area contributed by atoms with E-state index in [9.17, 15) is 5.11 Å². The van der Waals surface area contributed by atoms with Crippen molar-refractivity contribution in [3.63, 3.8) is 0 Å². The number of hydrogen-bond donors (Lipinski definition) is 1. The fourth-order valence-electron chi connectivity index (χ4n) is 3.33. The minimum absolute atomic E-state index is 0.256. The van der Waals surface area contributed by atoms with Gasteiger partial charge < -0.3 is 9.84 Å². The van der Waals surface area contributed by atoms with Crippen molar-refractivity contribution >= 4 is 0 Å². The molecule has 1 aliphatic heterocycles. The summed E-state index contributed by atoms with van der Waals surface area (Å²) < 4.78 is 5.92. The molecule has 0 radical (unpaired) electrons. The molecule has 1 N–H and O–H groups in total. The van der Waals surface area contributed by atoms with E-state index in [0.717, 1.165) is 38.1 Å². The summed E-state index contributed by atoms with van der Waals surface area (Å²) in [5, 5.41) is 9.95.